The topological polar surface area (TPSA) is 61.4 Å². The van der Waals surface area contributed by atoms with E-state index in [1.807, 2.05) is 53.4 Å². The number of hydrogen-bond acceptors (Lipinski definition) is 5. The first kappa shape index (κ1) is 18.7. The molecule has 1 saturated heterocycles. The number of halogens is 1. The van der Waals surface area contributed by atoms with Gasteiger partial charge in [0.25, 0.3) is 0 Å². The summed E-state index contributed by atoms with van der Waals surface area (Å²) in [6.45, 7) is 3.68. The van der Waals surface area contributed by atoms with Gasteiger partial charge >= 0.3 is 0 Å². The molecule has 1 amide bonds. The molecule has 1 aromatic carbocycles. The van der Waals surface area contributed by atoms with E-state index in [9.17, 15) is 4.79 Å². The standard InChI is InChI=1S/C21H22BrN5O/c22-17-5-6-18-16(15-17)4-7-19(25-18)23-10-8-21(28)27-13-11-26(12-14-27)20-3-1-2-9-24-20/h1-7,9,15H,8,10-14H2,(H,23,25). The number of pyridine rings is 2. The number of carbonyl (C=O) groups is 1. The number of carbonyl (C=O) groups excluding carboxylic acids is 1. The maximum atomic E-state index is 12.5. The molecule has 3 heterocycles. The summed E-state index contributed by atoms with van der Waals surface area (Å²) in [6.07, 6.45) is 2.27. The van der Waals surface area contributed by atoms with Crippen LogP contribution >= 0.6 is 15.9 Å². The summed E-state index contributed by atoms with van der Waals surface area (Å²) < 4.78 is 1.04. The van der Waals surface area contributed by atoms with Gasteiger partial charge in [-0.25, -0.2) is 9.97 Å². The fourth-order valence-corrected chi connectivity index (χ4v) is 3.76. The van der Waals surface area contributed by atoms with Crippen molar-refractivity contribution in [2.45, 2.75) is 6.42 Å². The number of hydrogen-bond donors (Lipinski definition) is 1. The zero-order chi connectivity index (χ0) is 19.3. The predicted octanol–water partition coefficient (Wildman–Crippen LogP) is 3.54. The molecule has 0 unspecified atom stereocenters. The van der Waals surface area contributed by atoms with Crippen molar-refractivity contribution in [1.29, 1.82) is 0 Å². The minimum absolute atomic E-state index is 0.179. The van der Waals surface area contributed by atoms with Gasteiger partial charge in [-0.2, -0.15) is 0 Å². The summed E-state index contributed by atoms with van der Waals surface area (Å²) in [6, 6.07) is 15.9. The normalized spacial score (nSPS) is 14.3. The Balaban J connectivity index is 1.25. The SMILES string of the molecule is O=C(CCNc1ccc2cc(Br)ccc2n1)N1CCN(c2ccccn2)CC1. The highest BCUT2D eigenvalue weighted by Gasteiger charge is 2.21. The van der Waals surface area contributed by atoms with E-state index in [0.29, 0.717) is 13.0 Å². The lowest BCUT2D eigenvalue weighted by molar-refractivity contribution is -0.131. The van der Waals surface area contributed by atoms with Crippen molar-refractivity contribution >= 4 is 44.4 Å². The van der Waals surface area contributed by atoms with Crippen LogP contribution in [0.5, 0.6) is 0 Å². The van der Waals surface area contributed by atoms with Gasteiger partial charge in [-0.1, -0.05) is 22.0 Å². The lowest BCUT2D eigenvalue weighted by Gasteiger charge is -2.35. The molecule has 1 N–H and O–H groups in total. The monoisotopic (exact) mass is 439 g/mol. The fourth-order valence-electron chi connectivity index (χ4n) is 3.38. The van der Waals surface area contributed by atoms with Gasteiger partial charge in [0, 0.05) is 55.2 Å². The third-order valence-electron chi connectivity index (χ3n) is 4.90. The van der Waals surface area contributed by atoms with Crippen LogP contribution in [0.4, 0.5) is 11.6 Å². The Morgan fingerprint density at radius 3 is 2.71 bits per heavy atom. The first-order valence-corrected chi connectivity index (χ1v) is 10.2. The predicted molar refractivity (Wildman–Crippen MR) is 116 cm³/mol. The highest BCUT2D eigenvalue weighted by Crippen LogP contribution is 2.20. The maximum absolute atomic E-state index is 12.5. The molecule has 0 atom stereocenters. The number of piperazine rings is 1. The van der Waals surface area contributed by atoms with Crippen LogP contribution < -0.4 is 10.2 Å². The van der Waals surface area contributed by atoms with Gasteiger partial charge in [-0.15, -0.1) is 0 Å². The van der Waals surface area contributed by atoms with Crippen molar-refractivity contribution in [3.8, 4) is 0 Å². The van der Waals surface area contributed by atoms with Crippen molar-refractivity contribution in [2.75, 3.05) is 42.9 Å². The van der Waals surface area contributed by atoms with Crippen LogP contribution in [-0.4, -0.2) is 53.5 Å². The second-order valence-corrected chi connectivity index (χ2v) is 7.68. The lowest BCUT2D eigenvalue weighted by atomic mass is 10.2. The maximum Gasteiger partial charge on any atom is 0.224 e. The number of aromatic nitrogens is 2. The Hall–Kier alpha value is -2.67. The molecule has 2 aromatic heterocycles. The summed E-state index contributed by atoms with van der Waals surface area (Å²) >= 11 is 3.47. The number of amides is 1. The van der Waals surface area contributed by atoms with E-state index in [4.69, 9.17) is 0 Å². The highest BCUT2D eigenvalue weighted by atomic mass is 79.9. The van der Waals surface area contributed by atoms with Crippen LogP contribution in [0.3, 0.4) is 0 Å². The number of nitrogens with zero attached hydrogens (tertiary/aromatic N) is 4. The van der Waals surface area contributed by atoms with E-state index in [2.05, 4.69) is 36.1 Å². The first-order valence-electron chi connectivity index (χ1n) is 9.43. The van der Waals surface area contributed by atoms with Gasteiger partial charge in [0.2, 0.25) is 5.91 Å². The summed E-state index contributed by atoms with van der Waals surface area (Å²) in [4.78, 5) is 25.6. The third-order valence-corrected chi connectivity index (χ3v) is 5.40. The molecule has 4 rings (SSSR count). The van der Waals surface area contributed by atoms with Crippen LogP contribution in [0.25, 0.3) is 10.9 Å². The molecule has 0 bridgehead atoms. The molecule has 0 saturated carbocycles. The van der Waals surface area contributed by atoms with Crippen LogP contribution in [0.15, 0.2) is 59.2 Å². The molecule has 28 heavy (non-hydrogen) atoms. The number of anilines is 2. The molecule has 0 spiro atoms. The van der Waals surface area contributed by atoms with E-state index in [1.54, 1.807) is 6.20 Å². The van der Waals surface area contributed by atoms with Crippen LogP contribution in [0.1, 0.15) is 6.42 Å². The van der Waals surface area contributed by atoms with Crippen molar-refractivity contribution < 1.29 is 4.79 Å². The number of nitrogens with one attached hydrogen (secondary N) is 1. The number of benzene rings is 1. The van der Waals surface area contributed by atoms with E-state index in [1.165, 1.54) is 0 Å². The summed E-state index contributed by atoms with van der Waals surface area (Å²) in [7, 11) is 0. The van der Waals surface area contributed by atoms with Gasteiger partial charge in [-0.05, 0) is 42.5 Å². The van der Waals surface area contributed by atoms with Crippen LogP contribution in [0, 0.1) is 0 Å². The fraction of sp³-hybridized carbons (Fsp3) is 0.286. The number of rotatable bonds is 5. The van der Waals surface area contributed by atoms with E-state index in [0.717, 1.165) is 53.2 Å². The Morgan fingerprint density at radius 2 is 1.93 bits per heavy atom. The van der Waals surface area contributed by atoms with Gasteiger partial charge in [0.05, 0.1) is 5.52 Å². The Labute approximate surface area is 172 Å². The molecule has 3 aromatic rings. The van der Waals surface area contributed by atoms with E-state index < -0.39 is 0 Å². The Bertz CT molecular complexity index is 957. The van der Waals surface area contributed by atoms with Crippen molar-refractivity contribution in [1.82, 2.24) is 14.9 Å². The van der Waals surface area contributed by atoms with Crippen LogP contribution in [0.2, 0.25) is 0 Å². The molecule has 1 fully saturated rings. The second-order valence-electron chi connectivity index (χ2n) is 6.77. The summed E-state index contributed by atoms with van der Waals surface area (Å²) in [5, 5.41) is 4.35. The summed E-state index contributed by atoms with van der Waals surface area (Å²) in [5.74, 6) is 1.95. The average Bonchev–Trinajstić information content (AvgIpc) is 2.74. The largest absolute Gasteiger partial charge is 0.370 e. The molecule has 6 nitrogen and oxygen atoms in total. The molecule has 1 aliphatic heterocycles. The van der Waals surface area contributed by atoms with E-state index >= 15 is 0 Å². The summed E-state index contributed by atoms with van der Waals surface area (Å²) in [5.41, 5.74) is 0.935. The highest BCUT2D eigenvalue weighted by molar-refractivity contribution is 9.10. The van der Waals surface area contributed by atoms with Crippen LogP contribution in [-0.2, 0) is 4.79 Å². The minimum Gasteiger partial charge on any atom is -0.370 e. The van der Waals surface area contributed by atoms with Crippen molar-refractivity contribution in [2.24, 2.45) is 0 Å². The van der Waals surface area contributed by atoms with Crippen molar-refractivity contribution in [3.05, 3.63) is 59.2 Å². The van der Waals surface area contributed by atoms with Gasteiger partial charge < -0.3 is 15.1 Å². The molecule has 0 radical (unpaired) electrons. The van der Waals surface area contributed by atoms with E-state index in [-0.39, 0.29) is 5.91 Å². The Morgan fingerprint density at radius 1 is 1.07 bits per heavy atom. The Kier molecular flexibility index (Phi) is 5.71. The van der Waals surface area contributed by atoms with Crippen molar-refractivity contribution in [3.63, 3.8) is 0 Å². The zero-order valence-electron chi connectivity index (χ0n) is 15.5. The first-order chi connectivity index (χ1) is 13.7. The minimum atomic E-state index is 0.179. The molecule has 0 aliphatic carbocycles. The number of fused-ring (bicyclic) bond motifs is 1. The molecule has 7 heteroatoms. The zero-order valence-corrected chi connectivity index (χ0v) is 17.1. The molecule has 1 aliphatic rings. The van der Waals surface area contributed by atoms with Gasteiger partial charge in [0.15, 0.2) is 0 Å². The van der Waals surface area contributed by atoms with Gasteiger partial charge in [0.1, 0.15) is 11.6 Å². The molecular formula is C21H22BrN5O. The second kappa shape index (κ2) is 8.56. The average molecular weight is 440 g/mol. The lowest BCUT2D eigenvalue weighted by Crippen LogP contribution is -2.49. The molecular weight excluding hydrogens is 418 g/mol. The quantitative estimate of drug-likeness (QED) is 0.658. The van der Waals surface area contributed by atoms with Gasteiger partial charge in [-0.3, -0.25) is 4.79 Å². The molecule has 144 valence electrons. The smallest absolute Gasteiger partial charge is 0.224 e. The third kappa shape index (κ3) is 4.42.